The fraction of sp³-hybridized carbons (Fsp3) is 0.696. The minimum absolute atomic E-state index is 0.00898. The molecule has 0 aromatic carbocycles. The van der Waals surface area contributed by atoms with E-state index >= 15 is 0 Å². The number of carbonyl (C=O) groups is 1. The normalized spacial score (nSPS) is 29.5. The Labute approximate surface area is 181 Å². The Morgan fingerprint density at radius 1 is 1.23 bits per heavy atom. The molecule has 4 aliphatic rings. The molecule has 1 N–H and O–H groups in total. The summed E-state index contributed by atoms with van der Waals surface area (Å²) in [5, 5.41) is 3.31. The molecule has 8 heteroatoms. The maximum absolute atomic E-state index is 13.4. The van der Waals surface area contributed by atoms with Crippen LogP contribution in [-0.2, 0) is 22.5 Å². The molecular weight excluding hydrogens is 394 g/mol. The quantitative estimate of drug-likeness (QED) is 0.812. The Morgan fingerprint density at radius 2 is 2.03 bits per heavy atom. The van der Waals surface area contributed by atoms with Gasteiger partial charge in [-0.05, 0) is 38.0 Å². The van der Waals surface area contributed by atoms with E-state index in [-0.39, 0.29) is 23.4 Å². The van der Waals surface area contributed by atoms with Crippen LogP contribution >= 0.6 is 0 Å². The molecule has 1 saturated carbocycles. The highest BCUT2D eigenvalue weighted by Gasteiger charge is 2.44. The molecule has 6 rings (SSSR count). The van der Waals surface area contributed by atoms with Crippen LogP contribution in [0.4, 0.5) is 0 Å². The van der Waals surface area contributed by atoms with Gasteiger partial charge >= 0.3 is 0 Å². The lowest BCUT2D eigenvalue weighted by atomic mass is 10.0. The molecule has 2 saturated heterocycles. The summed E-state index contributed by atoms with van der Waals surface area (Å²) in [6.45, 7) is 6.18. The van der Waals surface area contributed by atoms with Gasteiger partial charge in [0.1, 0.15) is 0 Å². The smallest absolute Gasteiger partial charge is 0.277 e. The first-order valence-corrected chi connectivity index (χ1v) is 11.9. The number of fused-ring (bicyclic) bond motifs is 2. The number of aromatic nitrogens is 3. The Balaban J connectivity index is 1.30. The van der Waals surface area contributed by atoms with Crippen LogP contribution in [-0.4, -0.2) is 62.7 Å². The van der Waals surface area contributed by atoms with Crippen molar-refractivity contribution in [2.45, 2.75) is 64.1 Å². The summed E-state index contributed by atoms with van der Waals surface area (Å²) in [5.41, 5.74) is 3.37. The number of amides is 1. The van der Waals surface area contributed by atoms with E-state index in [2.05, 4.69) is 16.9 Å². The molecule has 2 aromatic rings. The molecule has 1 amide bonds. The Morgan fingerprint density at radius 3 is 2.81 bits per heavy atom. The van der Waals surface area contributed by atoms with Gasteiger partial charge in [0.2, 0.25) is 5.91 Å². The maximum Gasteiger partial charge on any atom is 0.277 e. The Bertz CT molecular complexity index is 1070. The zero-order valence-corrected chi connectivity index (χ0v) is 18.2. The number of H-pyrrole nitrogens is 1. The second-order valence-corrected chi connectivity index (χ2v) is 9.82. The number of hydrogen-bond donors (Lipinski definition) is 1. The van der Waals surface area contributed by atoms with Crippen molar-refractivity contribution >= 4 is 11.6 Å². The molecular formula is C23H31N5O3. The van der Waals surface area contributed by atoms with Crippen molar-refractivity contribution in [2.75, 3.05) is 26.3 Å². The monoisotopic (exact) mass is 425 g/mol. The van der Waals surface area contributed by atoms with Crippen LogP contribution in [0.1, 0.15) is 62.0 Å². The first-order chi connectivity index (χ1) is 15.1. The van der Waals surface area contributed by atoms with Gasteiger partial charge in [0.05, 0.1) is 23.0 Å². The zero-order valence-electron chi connectivity index (χ0n) is 18.2. The van der Waals surface area contributed by atoms with Crippen LogP contribution in [0.25, 0.3) is 5.65 Å². The molecule has 31 heavy (non-hydrogen) atoms. The lowest BCUT2D eigenvalue weighted by Crippen LogP contribution is -2.44. The lowest BCUT2D eigenvalue weighted by Gasteiger charge is -2.36. The average Bonchev–Trinajstić information content (AvgIpc) is 3.18. The van der Waals surface area contributed by atoms with E-state index in [9.17, 15) is 9.59 Å². The predicted molar refractivity (Wildman–Crippen MR) is 115 cm³/mol. The third-order valence-electron chi connectivity index (χ3n) is 7.84. The third-order valence-corrected chi connectivity index (χ3v) is 7.84. The van der Waals surface area contributed by atoms with Crippen LogP contribution in [0.5, 0.6) is 0 Å². The van der Waals surface area contributed by atoms with Crippen molar-refractivity contribution in [3.8, 4) is 0 Å². The SMILES string of the molecule is C[C@H]1C[C@H]1C(=O)N1CCC[C@@H]1c1cc2nc3c(c(=O)n2[nH]1)CN(C1CCOCC1)CC3. The maximum atomic E-state index is 13.4. The van der Waals surface area contributed by atoms with E-state index in [1.807, 2.05) is 11.0 Å². The molecule has 5 heterocycles. The van der Waals surface area contributed by atoms with Gasteiger partial charge in [-0.25, -0.2) is 9.50 Å². The van der Waals surface area contributed by atoms with Crippen molar-refractivity contribution in [3.63, 3.8) is 0 Å². The highest BCUT2D eigenvalue weighted by atomic mass is 16.5. The number of rotatable bonds is 3. The second kappa shape index (κ2) is 7.45. The minimum atomic E-state index is 0.00898. The van der Waals surface area contributed by atoms with Gasteiger partial charge in [-0.15, -0.1) is 0 Å². The van der Waals surface area contributed by atoms with Gasteiger partial charge in [-0.2, -0.15) is 0 Å². The molecule has 3 atom stereocenters. The molecule has 166 valence electrons. The van der Waals surface area contributed by atoms with Crippen molar-refractivity contribution in [1.29, 1.82) is 0 Å². The van der Waals surface area contributed by atoms with Crippen molar-refractivity contribution in [3.05, 3.63) is 33.4 Å². The topological polar surface area (TPSA) is 82.9 Å². The highest BCUT2D eigenvalue weighted by Crippen LogP contribution is 2.43. The number of nitrogens with zero attached hydrogens (tertiary/aromatic N) is 4. The van der Waals surface area contributed by atoms with Gasteiger partial charge in [0.25, 0.3) is 5.56 Å². The molecule has 0 spiro atoms. The summed E-state index contributed by atoms with van der Waals surface area (Å²) in [7, 11) is 0. The number of likely N-dealkylation sites (tertiary alicyclic amines) is 1. The first kappa shape index (κ1) is 19.5. The van der Waals surface area contributed by atoms with Gasteiger partial charge in [-0.1, -0.05) is 6.92 Å². The predicted octanol–water partition coefficient (Wildman–Crippen LogP) is 1.88. The molecule has 1 aliphatic carbocycles. The zero-order chi connectivity index (χ0) is 21.1. The van der Waals surface area contributed by atoms with Crippen LogP contribution in [0.3, 0.4) is 0 Å². The van der Waals surface area contributed by atoms with E-state index < -0.39 is 0 Å². The molecule has 0 bridgehead atoms. The van der Waals surface area contributed by atoms with Gasteiger partial charge in [0, 0.05) is 57.3 Å². The number of aromatic amines is 1. The summed E-state index contributed by atoms with van der Waals surface area (Å²) in [6, 6.07) is 2.50. The average molecular weight is 426 g/mol. The summed E-state index contributed by atoms with van der Waals surface area (Å²) >= 11 is 0. The molecule has 0 unspecified atom stereocenters. The highest BCUT2D eigenvalue weighted by molar-refractivity contribution is 5.82. The van der Waals surface area contributed by atoms with Crippen LogP contribution < -0.4 is 5.56 Å². The van der Waals surface area contributed by atoms with Gasteiger partial charge in [0.15, 0.2) is 5.65 Å². The number of nitrogens with one attached hydrogen (secondary N) is 1. The molecule has 3 aliphatic heterocycles. The number of carbonyl (C=O) groups excluding carboxylic acids is 1. The lowest BCUT2D eigenvalue weighted by molar-refractivity contribution is -0.133. The van der Waals surface area contributed by atoms with Crippen LogP contribution in [0, 0.1) is 11.8 Å². The fourth-order valence-corrected chi connectivity index (χ4v) is 5.79. The minimum Gasteiger partial charge on any atom is -0.381 e. The summed E-state index contributed by atoms with van der Waals surface area (Å²) in [5.74, 6) is 0.973. The number of ether oxygens (including phenoxy) is 1. The van der Waals surface area contributed by atoms with E-state index in [1.54, 1.807) is 4.52 Å². The van der Waals surface area contributed by atoms with Crippen LogP contribution in [0.15, 0.2) is 10.9 Å². The molecule has 2 aromatic heterocycles. The third kappa shape index (κ3) is 3.31. The largest absolute Gasteiger partial charge is 0.381 e. The second-order valence-electron chi connectivity index (χ2n) is 9.82. The Kier molecular flexibility index (Phi) is 4.68. The van der Waals surface area contributed by atoms with Crippen molar-refractivity contribution in [1.82, 2.24) is 24.4 Å². The van der Waals surface area contributed by atoms with E-state index in [1.165, 1.54) is 0 Å². The Hall–Kier alpha value is -2.19. The standard InChI is InChI=1S/C23H31N5O3/c1-14-11-16(14)22(29)27-7-2-3-20(27)19-12-21-24-18-4-8-26(15-5-9-31-10-6-15)13-17(18)23(30)28(21)25-19/h12,14-16,20,25H,2-11,13H2,1H3/t14-,16+,20+/m0/s1. The first-order valence-electron chi connectivity index (χ1n) is 11.9. The van der Waals surface area contributed by atoms with Crippen LogP contribution in [0.2, 0.25) is 0 Å². The molecule has 3 fully saturated rings. The van der Waals surface area contributed by atoms with E-state index in [4.69, 9.17) is 9.72 Å². The summed E-state index contributed by atoms with van der Waals surface area (Å²) in [4.78, 5) is 35.6. The van der Waals surface area contributed by atoms with Crippen molar-refractivity contribution < 1.29 is 9.53 Å². The number of hydrogen-bond acceptors (Lipinski definition) is 5. The molecule has 8 nitrogen and oxygen atoms in total. The summed E-state index contributed by atoms with van der Waals surface area (Å²) < 4.78 is 7.10. The molecule has 0 radical (unpaired) electrons. The van der Waals surface area contributed by atoms with Gasteiger partial charge < -0.3 is 9.64 Å². The van der Waals surface area contributed by atoms with E-state index in [0.717, 1.165) is 81.8 Å². The summed E-state index contributed by atoms with van der Waals surface area (Å²) in [6.07, 6.45) is 5.82. The van der Waals surface area contributed by atoms with E-state index in [0.29, 0.717) is 24.2 Å². The van der Waals surface area contributed by atoms with Gasteiger partial charge in [-0.3, -0.25) is 19.6 Å². The fourth-order valence-electron chi connectivity index (χ4n) is 5.79. The van der Waals surface area contributed by atoms with Crippen molar-refractivity contribution in [2.24, 2.45) is 11.8 Å².